The molecule has 1 saturated carbocycles. The number of carbonyl (C=O) groups is 1. The highest BCUT2D eigenvalue weighted by Crippen LogP contribution is 2.25. The van der Waals surface area contributed by atoms with E-state index in [4.69, 9.17) is 5.73 Å². The number of amides is 1. The smallest absolute Gasteiger partial charge is 0.276 e. The zero-order valence-electron chi connectivity index (χ0n) is 10.5. The Morgan fingerprint density at radius 3 is 2.71 bits per heavy atom. The van der Waals surface area contributed by atoms with E-state index in [0.29, 0.717) is 17.4 Å². The van der Waals surface area contributed by atoms with E-state index in [0.717, 1.165) is 19.4 Å². The van der Waals surface area contributed by atoms with Crippen LogP contribution in [0.2, 0.25) is 0 Å². The van der Waals surface area contributed by atoms with Crippen molar-refractivity contribution in [3.63, 3.8) is 0 Å². The molecule has 0 saturated heterocycles. The van der Waals surface area contributed by atoms with Gasteiger partial charge in [-0.25, -0.2) is 0 Å². The van der Waals surface area contributed by atoms with Crippen LogP contribution in [0, 0.1) is 0 Å². The molecule has 0 aromatic carbocycles. The lowest BCUT2D eigenvalue weighted by Gasteiger charge is -2.27. The summed E-state index contributed by atoms with van der Waals surface area (Å²) in [5.41, 5.74) is 6.66. The summed E-state index contributed by atoms with van der Waals surface area (Å²) in [5, 5.41) is 4.15. The highest BCUT2D eigenvalue weighted by atomic mass is 16.2. The number of anilines is 1. The second kappa shape index (κ2) is 4.77. The number of nitrogens with two attached hydrogens (primary N) is 1. The Morgan fingerprint density at radius 2 is 2.24 bits per heavy atom. The number of nitrogen functional groups attached to an aromatic ring is 1. The molecule has 1 aliphatic carbocycles. The number of hydrogen-bond acceptors (Lipinski definition) is 3. The van der Waals surface area contributed by atoms with E-state index in [1.165, 1.54) is 12.8 Å². The highest BCUT2D eigenvalue weighted by Gasteiger charge is 2.28. The average Bonchev–Trinajstić information content (AvgIpc) is 2.89. The maximum atomic E-state index is 12.4. The van der Waals surface area contributed by atoms with Crippen molar-refractivity contribution >= 4 is 11.6 Å². The molecule has 1 aromatic heterocycles. The minimum absolute atomic E-state index is 0.0301. The summed E-state index contributed by atoms with van der Waals surface area (Å²) >= 11 is 0. The van der Waals surface area contributed by atoms with Gasteiger partial charge >= 0.3 is 0 Å². The second-order valence-corrected chi connectivity index (χ2v) is 4.64. The largest absolute Gasteiger partial charge is 0.396 e. The SMILES string of the molecule is CCN(C(=O)c1nn(C)cc1N)C1CCCC1. The lowest BCUT2D eigenvalue weighted by Crippen LogP contribution is -2.39. The van der Waals surface area contributed by atoms with Crippen LogP contribution in [0.1, 0.15) is 43.1 Å². The molecule has 0 bridgehead atoms. The van der Waals surface area contributed by atoms with E-state index >= 15 is 0 Å². The molecule has 5 nitrogen and oxygen atoms in total. The van der Waals surface area contributed by atoms with Crippen LogP contribution >= 0.6 is 0 Å². The lowest BCUT2D eigenvalue weighted by atomic mass is 10.2. The molecule has 0 atom stereocenters. The Morgan fingerprint density at radius 1 is 1.59 bits per heavy atom. The van der Waals surface area contributed by atoms with Crippen molar-refractivity contribution in [3.8, 4) is 0 Å². The van der Waals surface area contributed by atoms with Gasteiger partial charge < -0.3 is 10.6 Å². The predicted molar refractivity (Wildman–Crippen MR) is 66.6 cm³/mol. The monoisotopic (exact) mass is 236 g/mol. The third kappa shape index (κ3) is 2.28. The first-order valence-electron chi connectivity index (χ1n) is 6.23. The van der Waals surface area contributed by atoms with Crippen LogP contribution in [-0.4, -0.2) is 33.2 Å². The lowest BCUT2D eigenvalue weighted by molar-refractivity contribution is 0.0688. The van der Waals surface area contributed by atoms with Crippen molar-refractivity contribution in [3.05, 3.63) is 11.9 Å². The number of hydrogen-bond donors (Lipinski definition) is 1. The number of aromatic nitrogens is 2. The first kappa shape index (κ1) is 12.0. The van der Waals surface area contributed by atoms with Crippen molar-refractivity contribution in [2.45, 2.75) is 38.6 Å². The van der Waals surface area contributed by atoms with Crippen LogP contribution in [0.5, 0.6) is 0 Å². The minimum atomic E-state index is -0.0301. The third-order valence-electron chi connectivity index (χ3n) is 3.43. The fourth-order valence-corrected chi connectivity index (χ4v) is 2.59. The molecule has 0 aliphatic heterocycles. The minimum Gasteiger partial charge on any atom is -0.396 e. The van der Waals surface area contributed by atoms with E-state index in [-0.39, 0.29) is 5.91 Å². The van der Waals surface area contributed by atoms with Gasteiger partial charge in [-0.15, -0.1) is 0 Å². The maximum Gasteiger partial charge on any atom is 0.276 e. The fourth-order valence-electron chi connectivity index (χ4n) is 2.59. The first-order chi connectivity index (χ1) is 8.13. The van der Waals surface area contributed by atoms with Gasteiger partial charge in [-0.1, -0.05) is 12.8 Å². The van der Waals surface area contributed by atoms with Crippen molar-refractivity contribution in [1.82, 2.24) is 14.7 Å². The standard InChI is InChI=1S/C12H20N4O/c1-3-16(9-6-4-5-7-9)12(17)11-10(13)8-15(2)14-11/h8-9H,3-7,13H2,1-2H3. The van der Waals surface area contributed by atoms with Gasteiger partial charge in [0.1, 0.15) is 0 Å². The first-order valence-corrected chi connectivity index (χ1v) is 6.23. The molecule has 2 N–H and O–H groups in total. The fraction of sp³-hybridized carbons (Fsp3) is 0.667. The summed E-state index contributed by atoms with van der Waals surface area (Å²) in [4.78, 5) is 14.3. The van der Waals surface area contributed by atoms with Gasteiger partial charge in [-0.2, -0.15) is 5.10 Å². The van der Waals surface area contributed by atoms with E-state index in [2.05, 4.69) is 5.10 Å². The van der Waals surface area contributed by atoms with E-state index < -0.39 is 0 Å². The van der Waals surface area contributed by atoms with E-state index in [9.17, 15) is 4.79 Å². The summed E-state index contributed by atoms with van der Waals surface area (Å²) in [7, 11) is 1.78. The van der Waals surface area contributed by atoms with Crippen LogP contribution in [0.15, 0.2) is 6.20 Å². The molecule has 17 heavy (non-hydrogen) atoms. The molecule has 94 valence electrons. The predicted octanol–water partition coefficient (Wildman–Crippen LogP) is 1.41. The number of rotatable bonds is 3. The topological polar surface area (TPSA) is 64.2 Å². The van der Waals surface area contributed by atoms with Crippen LogP contribution in [0.25, 0.3) is 0 Å². The summed E-state index contributed by atoms with van der Waals surface area (Å²) in [6, 6.07) is 0.369. The molecule has 1 aliphatic rings. The van der Waals surface area contributed by atoms with Gasteiger partial charge in [-0.05, 0) is 19.8 Å². The number of carbonyl (C=O) groups excluding carboxylic acids is 1. The summed E-state index contributed by atoms with van der Waals surface area (Å²) in [6.45, 7) is 2.73. The highest BCUT2D eigenvalue weighted by molar-refractivity contribution is 5.97. The summed E-state index contributed by atoms with van der Waals surface area (Å²) < 4.78 is 1.59. The Labute approximate surface area is 102 Å². The van der Waals surface area contributed by atoms with Gasteiger partial charge in [0.2, 0.25) is 0 Å². The van der Waals surface area contributed by atoms with E-state index in [1.807, 2.05) is 11.8 Å². The van der Waals surface area contributed by atoms with Gasteiger partial charge in [0.15, 0.2) is 5.69 Å². The summed E-state index contributed by atoms with van der Waals surface area (Å²) in [5.74, 6) is -0.0301. The third-order valence-corrected chi connectivity index (χ3v) is 3.43. The van der Waals surface area contributed by atoms with Gasteiger partial charge in [0.05, 0.1) is 5.69 Å². The number of aryl methyl sites for hydroxylation is 1. The number of nitrogens with zero attached hydrogens (tertiary/aromatic N) is 3. The normalized spacial score (nSPS) is 16.4. The van der Waals surface area contributed by atoms with Gasteiger partial charge in [0.25, 0.3) is 5.91 Å². The Balaban J connectivity index is 2.19. The Hall–Kier alpha value is -1.52. The molecule has 1 amide bonds. The quantitative estimate of drug-likeness (QED) is 0.863. The second-order valence-electron chi connectivity index (χ2n) is 4.64. The molecule has 2 rings (SSSR count). The molecular formula is C12H20N4O. The molecule has 0 unspecified atom stereocenters. The molecule has 1 fully saturated rings. The van der Waals surface area contributed by atoms with E-state index in [1.54, 1.807) is 17.9 Å². The summed E-state index contributed by atoms with van der Waals surface area (Å²) in [6.07, 6.45) is 6.31. The maximum absolute atomic E-state index is 12.4. The van der Waals surface area contributed by atoms with Crippen LogP contribution in [-0.2, 0) is 7.05 Å². The Bertz CT molecular complexity index is 407. The van der Waals surface area contributed by atoms with Crippen LogP contribution < -0.4 is 5.73 Å². The molecular weight excluding hydrogens is 216 g/mol. The molecule has 1 heterocycles. The zero-order valence-corrected chi connectivity index (χ0v) is 10.5. The molecule has 1 aromatic rings. The zero-order chi connectivity index (χ0) is 12.4. The van der Waals surface area contributed by atoms with Crippen molar-refractivity contribution < 1.29 is 4.79 Å². The van der Waals surface area contributed by atoms with Gasteiger partial charge in [-0.3, -0.25) is 9.48 Å². The average molecular weight is 236 g/mol. The van der Waals surface area contributed by atoms with Crippen molar-refractivity contribution in [1.29, 1.82) is 0 Å². The van der Waals surface area contributed by atoms with Crippen LogP contribution in [0.3, 0.4) is 0 Å². The van der Waals surface area contributed by atoms with Crippen LogP contribution in [0.4, 0.5) is 5.69 Å². The molecule has 5 heteroatoms. The van der Waals surface area contributed by atoms with Crippen molar-refractivity contribution in [2.24, 2.45) is 7.05 Å². The molecule has 0 spiro atoms. The van der Waals surface area contributed by atoms with Gasteiger partial charge in [0, 0.05) is 25.8 Å². The Kier molecular flexibility index (Phi) is 3.36. The molecule has 0 radical (unpaired) electrons. The van der Waals surface area contributed by atoms with Crippen molar-refractivity contribution in [2.75, 3.05) is 12.3 Å².